The van der Waals surface area contributed by atoms with Gasteiger partial charge >= 0.3 is 0 Å². The van der Waals surface area contributed by atoms with Crippen molar-refractivity contribution < 1.29 is 4.79 Å². The van der Waals surface area contributed by atoms with Gasteiger partial charge in [0.15, 0.2) is 0 Å². The molecule has 2 rings (SSSR count). The van der Waals surface area contributed by atoms with Gasteiger partial charge in [-0.05, 0) is 18.6 Å². The maximum atomic E-state index is 11.7. The predicted octanol–water partition coefficient (Wildman–Crippen LogP) is 2.71. The SMILES string of the molecule is NC1CCN(c2cc(Cl)c(Cl)cc2Cl)C1=O. The summed E-state index contributed by atoms with van der Waals surface area (Å²) in [6.07, 6.45) is 0.620. The molecular formula is C10H9Cl3N2O. The van der Waals surface area contributed by atoms with E-state index in [1.165, 1.54) is 11.0 Å². The highest BCUT2D eigenvalue weighted by molar-refractivity contribution is 6.44. The summed E-state index contributed by atoms with van der Waals surface area (Å²) in [7, 11) is 0. The van der Waals surface area contributed by atoms with Gasteiger partial charge in [0.1, 0.15) is 0 Å². The molecule has 0 spiro atoms. The minimum atomic E-state index is -0.453. The molecular weight excluding hydrogens is 270 g/mol. The van der Waals surface area contributed by atoms with Crippen LogP contribution < -0.4 is 10.6 Å². The van der Waals surface area contributed by atoms with E-state index in [0.29, 0.717) is 33.7 Å². The zero-order chi connectivity index (χ0) is 11.9. The number of rotatable bonds is 1. The highest BCUT2D eigenvalue weighted by Crippen LogP contribution is 2.36. The summed E-state index contributed by atoms with van der Waals surface area (Å²) < 4.78 is 0. The lowest BCUT2D eigenvalue weighted by Crippen LogP contribution is -2.34. The van der Waals surface area contributed by atoms with Gasteiger partial charge in [-0.15, -0.1) is 0 Å². The number of nitrogens with two attached hydrogens (primary N) is 1. The van der Waals surface area contributed by atoms with E-state index in [9.17, 15) is 4.79 Å². The summed E-state index contributed by atoms with van der Waals surface area (Å²) in [6.45, 7) is 0.553. The molecule has 1 amide bonds. The standard InChI is InChI=1S/C10H9Cl3N2O/c11-5-3-7(13)9(4-6(5)12)15-2-1-8(14)10(15)16/h3-4,8H,1-2,14H2. The molecule has 86 valence electrons. The molecule has 0 aliphatic carbocycles. The molecule has 16 heavy (non-hydrogen) atoms. The largest absolute Gasteiger partial charge is 0.320 e. The first-order valence-electron chi connectivity index (χ1n) is 4.72. The number of carbonyl (C=O) groups is 1. The average Bonchev–Trinajstić information content (AvgIpc) is 2.54. The molecule has 0 bridgehead atoms. The van der Waals surface area contributed by atoms with Crippen molar-refractivity contribution in [1.29, 1.82) is 0 Å². The van der Waals surface area contributed by atoms with E-state index in [1.54, 1.807) is 6.07 Å². The van der Waals surface area contributed by atoms with Gasteiger partial charge in [0.25, 0.3) is 0 Å². The van der Waals surface area contributed by atoms with Crippen LogP contribution >= 0.6 is 34.8 Å². The smallest absolute Gasteiger partial charge is 0.244 e. The number of benzene rings is 1. The fourth-order valence-corrected chi connectivity index (χ4v) is 2.30. The van der Waals surface area contributed by atoms with Crippen LogP contribution in [-0.2, 0) is 4.79 Å². The third-order valence-corrected chi connectivity index (χ3v) is 3.55. The Hall–Kier alpha value is -0.480. The first-order chi connectivity index (χ1) is 7.50. The summed E-state index contributed by atoms with van der Waals surface area (Å²) in [5.74, 6) is -0.139. The first kappa shape index (κ1) is 12.0. The van der Waals surface area contributed by atoms with Crippen LogP contribution in [0.4, 0.5) is 5.69 Å². The highest BCUT2D eigenvalue weighted by atomic mass is 35.5. The van der Waals surface area contributed by atoms with Crippen molar-refractivity contribution in [3.8, 4) is 0 Å². The number of halogens is 3. The lowest BCUT2D eigenvalue weighted by molar-refractivity contribution is -0.118. The second-order valence-electron chi connectivity index (χ2n) is 3.60. The number of hydrogen-bond acceptors (Lipinski definition) is 2. The molecule has 3 nitrogen and oxygen atoms in total. The minimum Gasteiger partial charge on any atom is -0.320 e. The molecule has 1 fully saturated rings. The van der Waals surface area contributed by atoms with E-state index in [2.05, 4.69) is 0 Å². The van der Waals surface area contributed by atoms with Gasteiger partial charge in [0, 0.05) is 6.54 Å². The molecule has 0 radical (unpaired) electrons. The number of anilines is 1. The molecule has 1 atom stereocenters. The molecule has 1 aromatic carbocycles. The van der Waals surface area contributed by atoms with E-state index in [4.69, 9.17) is 40.5 Å². The van der Waals surface area contributed by atoms with Crippen LogP contribution in [0.1, 0.15) is 6.42 Å². The zero-order valence-electron chi connectivity index (χ0n) is 8.21. The van der Waals surface area contributed by atoms with Gasteiger partial charge in [0.2, 0.25) is 5.91 Å². The van der Waals surface area contributed by atoms with Crippen LogP contribution in [0.25, 0.3) is 0 Å². The monoisotopic (exact) mass is 278 g/mol. The Kier molecular flexibility index (Phi) is 3.31. The minimum absolute atomic E-state index is 0.139. The van der Waals surface area contributed by atoms with Crippen molar-refractivity contribution in [1.82, 2.24) is 0 Å². The van der Waals surface area contributed by atoms with Gasteiger partial charge in [-0.3, -0.25) is 4.79 Å². The Morgan fingerprint density at radius 2 is 1.81 bits per heavy atom. The Balaban J connectivity index is 2.41. The molecule has 1 aliphatic rings. The molecule has 1 unspecified atom stereocenters. The van der Waals surface area contributed by atoms with Crippen molar-refractivity contribution in [3.63, 3.8) is 0 Å². The van der Waals surface area contributed by atoms with E-state index in [-0.39, 0.29) is 5.91 Å². The van der Waals surface area contributed by atoms with Crippen molar-refractivity contribution in [2.45, 2.75) is 12.5 Å². The Bertz CT molecular complexity index is 450. The highest BCUT2D eigenvalue weighted by Gasteiger charge is 2.31. The van der Waals surface area contributed by atoms with E-state index >= 15 is 0 Å². The molecule has 1 saturated heterocycles. The van der Waals surface area contributed by atoms with Crippen LogP contribution in [0.2, 0.25) is 15.1 Å². The van der Waals surface area contributed by atoms with Gasteiger partial charge in [-0.1, -0.05) is 34.8 Å². The fraction of sp³-hybridized carbons (Fsp3) is 0.300. The van der Waals surface area contributed by atoms with Crippen LogP contribution in [0, 0.1) is 0 Å². The van der Waals surface area contributed by atoms with Gasteiger partial charge in [-0.2, -0.15) is 0 Å². The normalized spacial score (nSPS) is 20.6. The van der Waals surface area contributed by atoms with E-state index in [0.717, 1.165) is 0 Å². The van der Waals surface area contributed by atoms with E-state index in [1.807, 2.05) is 0 Å². The third kappa shape index (κ3) is 2.00. The van der Waals surface area contributed by atoms with Crippen LogP contribution in [0.15, 0.2) is 12.1 Å². The third-order valence-electron chi connectivity index (χ3n) is 2.53. The van der Waals surface area contributed by atoms with Crippen molar-refractivity contribution >= 4 is 46.4 Å². The Morgan fingerprint density at radius 1 is 1.19 bits per heavy atom. The molecule has 0 saturated carbocycles. The lowest BCUT2D eigenvalue weighted by Gasteiger charge is -2.18. The van der Waals surface area contributed by atoms with Gasteiger partial charge in [0.05, 0.1) is 26.8 Å². The number of hydrogen-bond donors (Lipinski definition) is 1. The summed E-state index contributed by atoms with van der Waals surface area (Å²) in [6, 6.07) is 2.66. The molecule has 2 N–H and O–H groups in total. The number of nitrogens with zero attached hydrogens (tertiary/aromatic N) is 1. The topological polar surface area (TPSA) is 46.3 Å². The maximum absolute atomic E-state index is 11.7. The van der Waals surface area contributed by atoms with Crippen molar-refractivity contribution in [2.75, 3.05) is 11.4 Å². The summed E-state index contributed by atoms with van der Waals surface area (Å²) in [4.78, 5) is 13.3. The lowest BCUT2D eigenvalue weighted by atomic mass is 10.3. The Morgan fingerprint density at radius 3 is 2.38 bits per heavy atom. The molecule has 1 heterocycles. The molecule has 1 aliphatic heterocycles. The average molecular weight is 280 g/mol. The van der Waals surface area contributed by atoms with Crippen molar-refractivity contribution in [2.24, 2.45) is 5.73 Å². The second-order valence-corrected chi connectivity index (χ2v) is 4.82. The summed E-state index contributed by atoms with van der Waals surface area (Å²) in [5.41, 5.74) is 6.19. The van der Waals surface area contributed by atoms with Crippen molar-refractivity contribution in [3.05, 3.63) is 27.2 Å². The molecule has 0 aromatic heterocycles. The first-order valence-corrected chi connectivity index (χ1v) is 5.85. The predicted molar refractivity (Wildman–Crippen MR) is 66.4 cm³/mol. The molecule has 6 heteroatoms. The quantitative estimate of drug-likeness (QED) is 0.804. The van der Waals surface area contributed by atoms with Gasteiger partial charge < -0.3 is 10.6 Å². The summed E-state index contributed by atoms with van der Waals surface area (Å²) in [5, 5.41) is 1.14. The van der Waals surface area contributed by atoms with E-state index < -0.39 is 6.04 Å². The number of amides is 1. The molecule has 1 aromatic rings. The van der Waals surface area contributed by atoms with Crippen LogP contribution in [0.5, 0.6) is 0 Å². The van der Waals surface area contributed by atoms with Crippen LogP contribution in [0.3, 0.4) is 0 Å². The van der Waals surface area contributed by atoms with Crippen LogP contribution in [-0.4, -0.2) is 18.5 Å². The second kappa shape index (κ2) is 4.41. The van der Waals surface area contributed by atoms with Gasteiger partial charge in [-0.25, -0.2) is 0 Å². The summed E-state index contributed by atoms with van der Waals surface area (Å²) >= 11 is 17.7. The zero-order valence-corrected chi connectivity index (χ0v) is 10.5. The fourth-order valence-electron chi connectivity index (χ4n) is 1.66. The number of carbonyl (C=O) groups excluding carboxylic acids is 1. The Labute approximate surface area is 108 Å². The maximum Gasteiger partial charge on any atom is 0.244 e.